The molecule has 1 unspecified atom stereocenters. The summed E-state index contributed by atoms with van der Waals surface area (Å²) in [5, 5.41) is 1.84. The van der Waals surface area contributed by atoms with Crippen LogP contribution in [0, 0.1) is 0 Å². The van der Waals surface area contributed by atoms with Crippen molar-refractivity contribution in [3.8, 4) is 0 Å². The maximum atomic E-state index is 12.0. The average molecular weight is 296 g/mol. The molecule has 0 aliphatic carbocycles. The van der Waals surface area contributed by atoms with E-state index in [0.29, 0.717) is 25.9 Å². The minimum Gasteiger partial charge on any atom is -0.351 e. The maximum absolute atomic E-state index is 12.0. The van der Waals surface area contributed by atoms with Crippen LogP contribution in [0.15, 0.2) is 24.3 Å². The van der Waals surface area contributed by atoms with E-state index in [1.807, 2.05) is 24.3 Å². The number of sulfone groups is 1. The van der Waals surface area contributed by atoms with Crippen LogP contribution in [-0.4, -0.2) is 25.3 Å². The van der Waals surface area contributed by atoms with Crippen LogP contribution in [0.5, 0.6) is 0 Å². The fourth-order valence-electron chi connectivity index (χ4n) is 2.42. The second-order valence-corrected chi connectivity index (χ2v) is 7.40. The first-order valence-electron chi connectivity index (χ1n) is 6.80. The van der Waals surface area contributed by atoms with E-state index in [2.05, 4.69) is 5.32 Å². The third-order valence-corrected chi connectivity index (χ3v) is 5.74. The second kappa shape index (κ2) is 6.37. The molecule has 1 amide bonds. The minimum atomic E-state index is -3.27. The van der Waals surface area contributed by atoms with Gasteiger partial charge in [0.05, 0.1) is 5.75 Å². The summed E-state index contributed by atoms with van der Waals surface area (Å²) in [4.78, 5) is 12.0. The van der Waals surface area contributed by atoms with Gasteiger partial charge >= 0.3 is 0 Å². The molecule has 110 valence electrons. The summed E-state index contributed by atoms with van der Waals surface area (Å²) in [7, 11) is -3.27. The number of benzene rings is 1. The van der Waals surface area contributed by atoms with E-state index in [4.69, 9.17) is 5.73 Å². The lowest BCUT2D eigenvalue weighted by molar-refractivity contribution is -0.121. The highest BCUT2D eigenvalue weighted by Gasteiger charge is 2.34. The van der Waals surface area contributed by atoms with E-state index in [1.54, 1.807) is 0 Å². The zero-order chi connectivity index (χ0) is 14.6. The molecule has 0 aromatic heterocycles. The van der Waals surface area contributed by atoms with Crippen molar-refractivity contribution in [2.45, 2.75) is 37.6 Å². The van der Waals surface area contributed by atoms with Crippen molar-refractivity contribution < 1.29 is 13.2 Å². The monoisotopic (exact) mass is 296 g/mol. The van der Waals surface area contributed by atoms with Gasteiger partial charge in [-0.2, -0.15) is 0 Å². The molecule has 1 aromatic rings. The third kappa shape index (κ3) is 3.58. The minimum absolute atomic E-state index is 0.119. The highest BCUT2D eigenvalue weighted by Crippen LogP contribution is 2.19. The van der Waals surface area contributed by atoms with Gasteiger partial charge in [-0.05, 0) is 24.0 Å². The first kappa shape index (κ1) is 15.0. The van der Waals surface area contributed by atoms with E-state index in [0.717, 1.165) is 17.5 Å². The lowest BCUT2D eigenvalue weighted by Crippen LogP contribution is -2.42. The van der Waals surface area contributed by atoms with E-state index in [-0.39, 0.29) is 11.7 Å². The van der Waals surface area contributed by atoms with Crippen LogP contribution in [0.1, 0.15) is 30.4 Å². The molecule has 1 atom stereocenters. The van der Waals surface area contributed by atoms with Gasteiger partial charge in [0.15, 0.2) is 9.84 Å². The van der Waals surface area contributed by atoms with Crippen molar-refractivity contribution in [3.63, 3.8) is 0 Å². The number of hydrogen-bond acceptors (Lipinski definition) is 4. The van der Waals surface area contributed by atoms with Crippen molar-refractivity contribution in [2.24, 2.45) is 5.73 Å². The van der Waals surface area contributed by atoms with Gasteiger partial charge in [0, 0.05) is 13.1 Å². The fourth-order valence-corrected chi connectivity index (χ4v) is 4.24. The van der Waals surface area contributed by atoms with Crippen molar-refractivity contribution in [3.05, 3.63) is 35.4 Å². The van der Waals surface area contributed by atoms with E-state index >= 15 is 0 Å². The van der Waals surface area contributed by atoms with Crippen LogP contribution in [0.4, 0.5) is 0 Å². The van der Waals surface area contributed by atoms with Gasteiger partial charge in [-0.3, -0.25) is 4.79 Å². The Morgan fingerprint density at radius 3 is 2.75 bits per heavy atom. The summed E-state index contributed by atoms with van der Waals surface area (Å²) in [5.41, 5.74) is 7.47. The van der Waals surface area contributed by atoms with Crippen LogP contribution < -0.4 is 11.1 Å². The molecule has 0 radical (unpaired) electrons. The Kier molecular flexibility index (Phi) is 4.77. The number of carbonyl (C=O) groups is 1. The zero-order valence-corrected chi connectivity index (χ0v) is 12.2. The quantitative estimate of drug-likeness (QED) is 0.857. The van der Waals surface area contributed by atoms with E-state index < -0.39 is 15.1 Å². The largest absolute Gasteiger partial charge is 0.351 e. The van der Waals surface area contributed by atoms with Crippen molar-refractivity contribution in [2.75, 3.05) is 5.75 Å². The number of hydrogen-bond donors (Lipinski definition) is 2. The van der Waals surface area contributed by atoms with Gasteiger partial charge in [-0.1, -0.05) is 30.7 Å². The van der Waals surface area contributed by atoms with Gasteiger partial charge in [0.1, 0.15) is 5.25 Å². The Morgan fingerprint density at radius 2 is 2.05 bits per heavy atom. The molecule has 0 bridgehead atoms. The number of carbonyl (C=O) groups excluding carboxylic acids is 1. The van der Waals surface area contributed by atoms with Crippen LogP contribution in [0.25, 0.3) is 0 Å². The van der Waals surface area contributed by atoms with E-state index in [9.17, 15) is 13.2 Å². The number of nitrogens with two attached hydrogens (primary N) is 1. The molecule has 0 spiro atoms. The summed E-state index contributed by atoms with van der Waals surface area (Å²) in [6.45, 7) is 0.775. The van der Waals surface area contributed by atoms with E-state index in [1.165, 1.54) is 0 Å². The normalized spacial score (nSPS) is 21.4. The molecule has 2 rings (SSSR count). The number of nitrogens with one attached hydrogen (secondary N) is 1. The van der Waals surface area contributed by atoms with Gasteiger partial charge in [-0.15, -0.1) is 0 Å². The van der Waals surface area contributed by atoms with Gasteiger partial charge in [0.2, 0.25) is 5.91 Å². The Labute approximate surface area is 119 Å². The smallest absolute Gasteiger partial charge is 0.238 e. The summed E-state index contributed by atoms with van der Waals surface area (Å²) >= 11 is 0. The Hall–Kier alpha value is -1.40. The molecule has 1 heterocycles. The highest BCUT2D eigenvalue weighted by molar-refractivity contribution is 7.92. The maximum Gasteiger partial charge on any atom is 0.238 e. The highest BCUT2D eigenvalue weighted by atomic mass is 32.2. The molecule has 1 saturated heterocycles. The molecule has 1 aliphatic rings. The first-order valence-corrected chi connectivity index (χ1v) is 8.51. The summed E-state index contributed by atoms with van der Waals surface area (Å²) < 4.78 is 23.7. The van der Waals surface area contributed by atoms with Crippen LogP contribution in [0.3, 0.4) is 0 Å². The molecular weight excluding hydrogens is 276 g/mol. The molecule has 5 nitrogen and oxygen atoms in total. The molecule has 6 heteroatoms. The van der Waals surface area contributed by atoms with Crippen molar-refractivity contribution in [1.82, 2.24) is 5.32 Å². The topological polar surface area (TPSA) is 89.3 Å². The zero-order valence-electron chi connectivity index (χ0n) is 11.3. The predicted octanol–water partition coefficient (Wildman–Crippen LogP) is 0.729. The fraction of sp³-hybridized carbons (Fsp3) is 0.500. The second-order valence-electron chi connectivity index (χ2n) is 5.09. The van der Waals surface area contributed by atoms with Crippen molar-refractivity contribution >= 4 is 15.7 Å². The molecule has 20 heavy (non-hydrogen) atoms. The lowest BCUT2D eigenvalue weighted by Gasteiger charge is -2.21. The molecule has 1 aromatic carbocycles. The average Bonchev–Trinajstić information content (AvgIpc) is 2.44. The molecule has 1 fully saturated rings. The Bertz CT molecular complexity index is 584. The number of rotatable bonds is 4. The molecular formula is C14H20N2O3S. The van der Waals surface area contributed by atoms with Gasteiger partial charge in [0.25, 0.3) is 0 Å². The van der Waals surface area contributed by atoms with Crippen LogP contribution in [-0.2, 0) is 27.7 Å². The number of amides is 1. The molecule has 3 N–H and O–H groups in total. The summed E-state index contributed by atoms with van der Waals surface area (Å²) in [6, 6.07) is 7.59. The SMILES string of the molecule is NCc1cccc(CNC(=O)C2CCCCS2(=O)=O)c1. The van der Waals surface area contributed by atoms with Crippen molar-refractivity contribution in [1.29, 1.82) is 0 Å². The van der Waals surface area contributed by atoms with Gasteiger partial charge < -0.3 is 11.1 Å². The Balaban J connectivity index is 1.97. The lowest BCUT2D eigenvalue weighted by atomic mass is 10.1. The molecule has 0 saturated carbocycles. The summed E-state index contributed by atoms with van der Waals surface area (Å²) in [6.07, 6.45) is 1.88. The summed E-state index contributed by atoms with van der Waals surface area (Å²) in [5.74, 6) is -0.267. The Morgan fingerprint density at radius 1 is 1.30 bits per heavy atom. The van der Waals surface area contributed by atoms with Crippen LogP contribution >= 0.6 is 0 Å². The third-order valence-electron chi connectivity index (χ3n) is 3.56. The predicted molar refractivity (Wildman–Crippen MR) is 77.6 cm³/mol. The standard InChI is InChI=1S/C14H20N2O3S/c15-9-11-4-3-5-12(8-11)10-16-14(17)13-6-1-2-7-20(13,18)19/h3-5,8,13H,1-2,6-7,9-10,15H2,(H,16,17). The molecule has 1 aliphatic heterocycles. The van der Waals surface area contributed by atoms with Crippen LogP contribution in [0.2, 0.25) is 0 Å². The first-order chi connectivity index (χ1) is 9.53. The van der Waals surface area contributed by atoms with Gasteiger partial charge in [-0.25, -0.2) is 8.42 Å².